The Morgan fingerprint density at radius 3 is 2.56 bits per heavy atom. The van der Waals surface area contributed by atoms with Crippen LogP contribution in [0.25, 0.3) is 0 Å². The molecule has 4 nitrogen and oxygen atoms in total. The molecular formula is C14H25NO3. The average Bonchev–Trinajstić information content (AvgIpc) is 2.32. The number of methoxy groups -OCH3 is 1. The highest BCUT2D eigenvalue weighted by molar-refractivity contribution is 5.77. The molecule has 0 saturated heterocycles. The molecule has 104 valence electrons. The van der Waals surface area contributed by atoms with Crippen molar-refractivity contribution in [3.8, 4) is 0 Å². The second-order valence-corrected chi connectivity index (χ2v) is 5.50. The fraction of sp³-hybridized carbons (Fsp3) is 0.857. The number of nitrogens with one attached hydrogen (secondary N) is 1. The highest BCUT2D eigenvalue weighted by atomic mass is 16.5. The minimum absolute atomic E-state index is 0.0605. The van der Waals surface area contributed by atoms with Crippen molar-refractivity contribution < 1.29 is 14.3 Å². The number of carbonyl (C=O) groups is 2. The minimum atomic E-state index is -0.248. The van der Waals surface area contributed by atoms with Gasteiger partial charge in [-0.1, -0.05) is 13.8 Å². The van der Waals surface area contributed by atoms with Crippen LogP contribution in [-0.2, 0) is 14.3 Å². The highest BCUT2D eigenvalue weighted by Gasteiger charge is 2.26. The van der Waals surface area contributed by atoms with Crippen molar-refractivity contribution in [1.29, 1.82) is 0 Å². The van der Waals surface area contributed by atoms with Gasteiger partial charge >= 0.3 is 5.97 Å². The Morgan fingerprint density at radius 2 is 1.94 bits per heavy atom. The fourth-order valence-electron chi connectivity index (χ4n) is 2.65. The standard InChI is InChI=1S/C14H25NO3/c1-10-7-8-12(11(2)9-10)15-13(16)5-4-6-14(17)18-3/h10-12H,4-9H2,1-3H3,(H,15,16)/t10-,11-,12-/m1/s1. The van der Waals surface area contributed by atoms with E-state index in [1.807, 2.05) is 0 Å². The van der Waals surface area contributed by atoms with Crippen molar-refractivity contribution in [2.75, 3.05) is 7.11 Å². The van der Waals surface area contributed by atoms with Crippen LogP contribution in [0.5, 0.6) is 0 Å². The molecule has 1 fully saturated rings. The van der Waals surface area contributed by atoms with Crippen LogP contribution in [0.3, 0.4) is 0 Å². The number of hydrogen-bond acceptors (Lipinski definition) is 3. The molecule has 18 heavy (non-hydrogen) atoms. The van der Waals surface area contributed by atoms with Crippen LogP contribution in [-0.4, -0.2) is 25.0 Å². The first-order valence-electron chi connectivity index (χ1n) is 6.89. The summed E-state index contributed by atoms with van der Waals surface area (Å²) in [5.74, 6) is 1.14. The van der Waals surface area contributed by atoms with Gasteiger partial charge in [0.25, 0.3) is 0 Å². The van der Waals surface area contributed by atoms with Gasteiger partial charge < -0.3 is 10.1 Å². The topological polar surface area (TPSA) is 55.4 Å². The summed E-state index contributed by atoms with van der Waals surface area (Å²) in [6, 6.07) is 0.312. The summed E-state index contributed by atoms with van der Waals surface area (Å²) in [5.41, 5.74) is 0. The Kier molecular flexibility index (Phi) is 6.16. The minimum Gasteiger partial charge on any atom is -0.469 e. The van der Waals surface area contributed by atoms with Gasteiger partial charge in [-0.2, -0.15) is 0 Å². The third-order valence-electron chi connectivity index (χ3n) is 3.79. The molecule has 0 heterocycles. The first-order chi connectivity index (χ1) is 8.52. The van der Waals surface area contributed by atoms with Gasteiger partial charge in [0.15, 0.2) is 0 Å². The summed E-state index contributed by atoms with van der Waals surface area (Å²) >= 11 is 0. The van der Waals surface area contributed by atoms with Crippen LogP contribution < -0.4 is 5.32 Å². The van der Waals surface area contributed by atoms with E-state index in [2.05, 4.69) is 23.9 Å². The molecule has 0 aromatic heterocycles. The van der Waals surface area contributed by atoms with E-state index in [4.69, 9.17) is 0 Å². The zero-order valence-electron chi connectivity index (χ0n) is 11.7. The van der Waals surface area contributed by atoms with Gasteiger partial charge in [0.1, 0.15) is 0 Å². The molecule has 1 rings (SSSR count). The molecule has 1 aliphatic carbocycles. The first-order valence-corrected chi connectivity index (χ1v) is 6.89. The van der Waals surface area contributed by atoms with E-state index in [0.29, 0.717) is 31.2 Å². The molecule has 1 amide bonds. The maximum absolute atomic E-state index is 11.7. The van der Waals surface area contributed by atoms with Crippen LogP contribution in [0.1, 0.15) is 52.4 Å². The second-order valence-electron chi connectivity index (χ2n) is 5.50. The average molecular weight is 255 g/mol. The fourth-order valence-corrected chi connectivity index (χ4v) is 2.65. The summed E-state index contributed by atoms with van der Waals surface area (Å²) < 4.78 is 4.54. The maximum atomic E-state index is 11.7. The Labute approximate surface area is 109 Å². The van der Waals surface area contributed by atoms with Crippen molar-refractivity contribution in [3.63, 3.8) is 0 Å². The summed E-state index contributed by atoms with van der Waals surface area (Å²) in [4.78, 5) is 22.7. The number of ether oxygens (including phenoxy) is 1. The van der Waals surface area contributed by atoms with E-state index < -0.39 is 0 Å². The number of esters is 1. The zero-order valence-corrected chi connectivity index (χ0v) is 11.7. The van der Waals surface area contributed by atoms with Gasteiger partial charge in [-0.3, -0.25) is 9.59 Å². The van der Waals surface area contributed by atoms with E-state index >= 15 is 0 Å². The quantitative estimate of drug-likeness (QED) is 0.767. The largest absolute Gasteiger partial charge is 0.469 e. The third-order valence-corrected chi connectivity index (χ3v) is 3.79. The van der Waals surface area contributed by atoms with Gasteiger partial charge in [-0.05, 0) is 37.5 Å². The summed E-state index contributed by atoms with van der Waals surface area (Å²) in [6.45, 7) is 4.47. The van der Waals surface area contributed by atoms with Gasteiger partial charge in [0.2, 0.25) is 5.91 Å². The number of hydrogen-bond donors (Lipinski definition) is 1. The molecule has 0 aliphatic heterocycles. The predicted octanol–water partition coefficient (Wildman–Crippen LogP) is 2.27. The van der Waals surface area contributed by atoms with Gasteiger partial charge in [-0.25, -0.2) is 0 Å². The van der Waals surface area contributed by atoms with Crippen molar-refractivity contribution >= 4 is 11.9 Å². The Balaban J connectivity index is 2.21. The van der Waals surface area contributed by atoms with E-state index in [-0.39, 0.29) is 11.9 Å². The van der Waals surface area contributed by atoms with Crippen LogP contribution in [0.4, 0.5) is 0 Å². The molecule has 4 heteroatoms. The van der Waals surface area contributed by atoms with E-state index in [1.165, 1.54) is 20.0 Å². The van der Waals surface area contributed by atoms with Gasteiger partial charge in [0.05, 0.1) is 7.11 Å². The zero-order chi connectivity index (χ0) is 13.5. The van der Waals surface area contributed by atoms with Crippen LogP contribution in [0.2, 0.25) is 0 Å². The SMILES string of the molecule is COC(=O)CCCC(=O)N[C@@H]1CC[C@@H](C)C[C@H]1C. The molecule has 1 N–H and O–H groups in total. The highest BCUT2D eigenvalue weighted by Crippen LogP contribution is 2.28. The second kappa shape index (κ2) is 7.39. The molecule has 0 unspecified atom stereocenters. The van der Waals surface area contributed by atoms with E-state index in [1.54, 1.807) is 0 Å². The molecule has 0 radical (unpaired) electrons. The lowest BCUT2D eigenvalue weighted by molar-refractivity contribution is -0.140. The summed E-state index contributed by atoms with van der Waals surface area (Å²) in [6.07, 6.45) is 4.75. The van der Waals surface area contributed by atoms with Crippen LogP contribution in [0.15, 0.2) is 0 Å². The molecule has 0 spiro atoms. The van der Waals surface area contributed by atoms with Crippen molar-refractivity contribution in [2.24, 2.45) is 11.8 Å². The summed E-state index contributed by atoms with van der Waals surface area (Å²) in [7, 11) is 1.37. The molecule has 3 atom stereocenters. The smallest absolute Gasteiger partial charge is 0.305 e. The molecule has 1 saturated carbocycles. The molecule has 1 aliphatic rings. The van der Waals surface area contributed by atoms with Gasteiger partial charge in [-0.15, -0.1) is 0 Å². The first kappa shape index (κ1) is 15.0. The van der Waals surface area contributed by atoms with Crippen LogP contribution >= 0.6 is 0 Å². The molecule has 0 aromatic carbocycles. The Morgan fingerprint density at radius 1 is 1.22 bits per heavy atom. The van der Waals surface area contributed by atoms with E-state index in [0.717, 1.165) is 12.3 Å². The lowest BCUT2D eigenvalue weighted by Crippen LogP contribution is -2.42. The Hall–Kier alpha value is -1.06. The predicted molar refractivity (Wildman–Crippen MR) is 70.0 cm³/mol. The monoisotopic (exact) mass is 255 g/mol. The normalized spacial score (nSPS) is 27.6. The molecule has 0 bridgehead atoms. The lowest BCUT2D eigenvalue weighted by atomic mass is 9.80. The molecule has 0 aromatic rings. The summed E-state index contributed by atoms with van der Waals surface area (Å²) in [5, 5.41) is 3.09. The lowest BCUT2D eigenvalue weighted by Gasteiger charge is -2.33. The van der Waals surface area contributed by atoms with Gasteiger partial charge in [0, 0.05) is 18.9 Å². The van der Waals surface area contributed by atoms with E-state index in [9.17, 15) is 9.59 Å². The number of rotatable bonds is 5. The maximum Gasteiger partial charge on any atom is 0.305 e. The number of carbonyl (C=O) groups excluding carboxylic acids is 2. The molecular weight excluding hydrogens is 230 g/mol. The van der Waals surface area contributed by atoms with Crippen LogP contribution in [0, 0.1) is 11.8 Å². The Bertz CT molecular complexity index is 291. The number of amides is 1. The van der Waals surface area contributed by atoms with Crippen molar-refractivity contribution in [3.05, 3.63) is 0 Å². The van der Waals surface area contributed by atoms with Crippen molar-refractivity contribution in [2.45, 2.75) is 58.4 Å². The third kappa shape index (κ3) is 5.07. The van der Waals surface area contributed by atoms with Crippen molar-refractivity contribution in [1.82, 2.24) is 5.32 Å².